The second-order valence-corrected chi connectivity index (χ2v) is 5.10. The van der Waals surface area contributed by atoms with Crippen LogP contribution in [0.3, 0.4) is 0 Å². The minimum absolute atomic E-state index is 0.203. The third kappa shape index (κ3) is 3.77. The van der Waals surface area contributed by atoms with Crippen LogP contribution in [0.4, 0.5) is 13.2 Å². The zero-order valence-corrected chi connectivity index (χ0v) is 9.68. The predicted octanol–water partition coefficient (Wildman–Crippen LogP) is 2.49. The lowest BCUT2D eigenvalue weighted by atomic mass is 9.75. The molecule has 1 fully saturated rings. The van der Waals surface area contributed by atoms with Gasteiger partial charge in [0.15, 0.2) is 0 Å². The number of carbonyl (C=O) groups excluding carboxylic acids is 1. The van der Waals surface area contributed by atoms with Crippen LogP contribution in [0.2, 0.25) is 0 Å². The summed E-state index contributed by atoms with van der Waals surface area (Å²) in [5, 5.41) is 0. The summed E-state index contributed by atoms with van der Waals surface area (Å²) in [4.78, 5) is 12.3. The highest BCUT2D eigenvalue weighted by Gasteiger charge is 2.36. The number of aldehydes is 1. The zero-order chi connectivity index (χ0) is 12.4. The van der Waals surface area contributed by atoms with Gasteiger partial charge in [-0.2, -0.15) is 13.2 Å². The number of hydrogen-bond donors (Lipinski definition) is 0. The fourth-order valence-electron chi connectivity index (χ4n) is 2.18. The highest BCUT2D eigenvalue weighted by molar-refractivity contribution is 5.58. The Morgan fingerprint density at radius 2 is 1.75 bits per heavy atom. The molecule has 0 bridgehead atoms. The van der Waals surface area contributed by atoms with Crippen molar-refractivity contribution in [1.82, 2.24) is 4.90 Å². The first kappa shape index (κ1) is 13.5. The fourth-order valence-corrected chi connectivity index (χ4v) is 2.18. The maximum atomic E-state index is 12.1. The quantitative estimate of drug-likeness (QED) is 0.703. The smallest absolute Gasteiger partial charge is 0.303 e. The van der Waals surface area contributed by atoms with Crippen molar-refractivity contribution < 1.29 is 18.0 Å². The molecule has 0 radical (unpaired) electrons. The van der Waals surface area contributed by atoms with Gasteiger partial charge in [0.25, 0.3) is 0 Å². The topological polar surface area (TPSA) is 20.3 Å². The van der Waals surface area contributed by atoms with E-state index in [-0.39, 0.29) is 5.92 Å². The molecule has 1 heterocycles. The highest BCUT2D eigenvalue weighted by Crippen LogP contribution is 2.33. The number of likely N-dealkylation sites (tertiary alicyclic amines) is 1. The van der Waals surface area contributed by atoms with Crippen molar-refractivity contribution >= 4 is 6.29 Å². The van der Waals surface area contributed by atoms with E-state index in [1.807, 2.05) is 13.8 Å². The van der Waals surface area contributed by atoms with E-state index < -0.39 is 18.1 Å². The maximum absolute atomic E-state index is 12.1. The molecule has 1 aliphatic rings. The lowest BCUT2D eigenvalue weighted by Crippen LogP contribution is -2.43. The normalized spacial score (nSPS) is 21.1. The van der Waals surface area contributed by atoms with E-state index in [2.05, 4.69) is 0 Å². The average molecular weight is 237 g/mol. The standard InChI is InChI=1S/C11H18F3NO/c1-10(2,8-16)9-3-5-15(6-4-9)7-11(12,13)14/h8-9H,3-7H2,1-2H3. The van der Waals surface area contributed by atoms with Gasteiger partial charge in [-0.1, -0.05) is 13.8 Å². The molecule has 0 spiro atoms. The van der Waals surface area contributed by atoms with Crippen molar-refractivity contribution in [2.45, 2.75) is 32.9 Å². The average Bonchev–Trinajstić information content (AvgIpc) is 2.16. The minimum atomic E-state index is -4.12. The second-order valence-electron chi connectivity index (χ2n) is 5.10. The van der Waals surface area contributed by atoms with Gasteiger partial charge in [-0.05, 0) is 31.8 Å². The third-order valence-electron chi connectivity index (χ3n) is 3.35. The SMILES string of the molecule is CC(C)(C=O)C1CCN(CC(F)(F)F)CC1. The number of nitrogens with zero attached hydrogens (tertiary/aromatic N) is 1. The summed E-state index contributed by atoms with van der Waals surface area (Å²) >= 11 is 0. The van der Waals surface area contributed by atoms with Gasteiger partial charge in [0.05, 0.1) is 6.54 Å². The number of halogens is 3. The van der Waals surface area contributed by atoms with Crippen LogP contribution in [0.5, 0.6) is 0 Å². The first-order chi connectivity index (χ1) is 7.24. The molecule has 1 rings (SSSR count). The Morgan fingerprint density at radius 1 is 1.25 bits per heavy atom. The molecule has 94 valence electrons. The van der Waals surface area contributed by atoms with E-state index in [1.165, 1.54) is 4.90 Å². The van der Waals surface area contributed by atoms with Crippen molar-refractivity contribution in [3.05, 3.63) is 0 Å². The Morgan fingerprint density at radius 3 is 2.12 bits per heavy atom. The maximum Gasteiger partial charge on any atom is 0.401 e. The molecular formula is C11H18F3NO. The van der Waals surface area contributed by atoms with Gasteiger partial charge >= 0.3 is 6.18 Å². The second kappa shape index (κ2) is 4.73. The Labute approximate surface area is 93.8 Å². The van der Waals surface area contributed by atoms with E-state index in [4.69, 9.17) is 0 Å². The van der Waals surface area contributed by atoms with E-state index in [1.54, 1.807) is 0 Å². The van der Waals surface area contributed by atoms with E-state index in [0.717, 1.165) is 6.29 Å². The zero-order valence-electron chi connectivity index (χ0n) is 9.68. The number of carbonyl (C=O) groups is 1. The summed E-state index contributed by atoms with van der Waals surface area (Å²) in [7, 11) is 0. The Bertz CT molecular complexity index is 242. The molecule has 5 heteroatoms. The largest absolute Gasteiger partial charge is 0.401 e. The molecule has 1 saturated heterocycles. The molecule has 0 aromatic heterocycles. The van der Waals surface area contributed by atoms with Crippen LogP contribution in [-0.2, 0) is 4.79 Å². The molecule has 0 atom stereocenters. The Kier molecular flexibility index (Phi) is 3.99. The van der Waals surface area contributed by atoms with Crippen LogP contribution in [0.25, 0.3) is 0 Å². The summed E-state index contributed by atoms with van der Waals surface area (Å²) in [6, 6.07) is 0. The molecule has 0 N–H and O–H groups in total. The number of alkyl halides is 3. The molecule has 1 aliphatic heterocycles. The summed E-state index contributed by atoms with van der Waals surface area (Å²) in [5.74, 6) is 0.203. The number of piperidine rings is 1. The van der Waals surface area contributed by atoms with Gasteiger partial charge < -0.3 is 4.79 Å². The number of rotatable bonds is 3. The fraction of sp³-hybridized carbons (Fsp3) is 0.909. The minimum Gasteiger partial charge on any atom is -0.303 e. The first-order valence-electron chi connectivity index (χ1n) is 5.50. The summed E-state index contributed by atoms with van der Waals surface area (Å²) in [5.41, 5.74) is -0.412. The Balaban J connectivity index is 2.43. The summed E-state index contributed by atoms with van der Waals surface area (Å²) < 4.78 is 36.4. The molecule has 0 unspecified atom stereocenters. The summed E-state index contributed by atoms with van der Waals surface area (Å²) in [6.45, 7) is 3.73. The van der Waals surface area contributed by atoms with Crippen LogP contribution in [-0.4, -0.2) is 37.0 Å². The monoisotopic (exact) mass is 237 g/mol. The highest BCUT2D eigenvalue weighted by atomic mass is 19.4. The molecule has 0 aromatic carbocycles. The van der Waals surface area contributed by atoms with E-state index in [9.17, 15) is 18.0 Å². The lowest BCUT2D eigenvalue weighted by Gasteiger charge is -2.37. The van der Waals surface area contributed by atoms with Crippen LogP contribution in [0.1, 0.15) is 26.7 Å². The molecule has 16 heavy (non-hydrogen) atoms. The molecule has 0 aliphatic carbocycles. The summed E-state index contributed by atoms with van der Waals surface area (Å²) in [6.07, 6.45) is -1.87. The van der Waals surface area contributed by atoms with Crippen LogP contribution < -0.4 is 0 Å². The first-order valence-corrected chi connectivity index (χ1v) is 5.50. The predicted molar refractivity (Wildman–Crippen MR) is 55.1 cm³/mol. The molecule has 0 amide bonds. The molecule has 2 nitrogen and oxygen atoms in total. The van der Waals surface area contributed by atoms with Crippen molar-refractivity contribution in [1.29, 1.82) is 0 Å². The van der Waals surface area contributed by atoms with Gasteiger partial charge in [-0.25, -0.2) is 0 Å². The van der Waals surface area contributed by atoms with Crippen molar-refractivity contribution in [3.63, 3.8) is 0 Å². The Hall–Kier alpha value is -0.580. The van der Waals surface area contributed by atoms with Crippen LogP contribution >= 0.6 is 0 Å². The molecule has 0 aromatic rings. The lowest BCUT2D eigenvalue weighted by molar-refractivity contribution is -0.150. The van der Waals surface area contributed by atoms with E-state index >= 15 is 0 Å². The van der Waals surface area contributed by atoms with Gasteiger partial charge in [0.2, 0.25) is 0 Å². The number of hydrogen-bond acceptors (Lipinski definition) is 2. The van der Waals surface area contributed by atoms with Crippen molar-refractivity contribution in [2.75, 3.05) is 19.6 Å². The van der Waals surface area contributed by atoms with Gasteiger partial charge in [0.1, 0.15) is 6.29 Å². The third-order valence-corrected chi connectivity index (χ3v) is 3.35. The van der Waals surface area contributed by atoms with Crippen molar-refractivity contribution in [2.24, 2.45) is 11.3 Å². The van der Waals surface area contributed by atoms with Crippen molar-refractivity contribution in [3.8, 4) is 0 Å². The van der Waals surface area contributed by atoms with Crippen LogP contribution in [0, 0.1) is 11.3 Å². The van der Waals surface area contributed by atoms with E-state index in [0.29, 0.717) is 25.9 Å². The molecular weight excluding hydrogens is 219 g/mol. The molecule has 0 saturated carbocycles. The van der Waals surface area contributed by atoms with Gasteiger partial charge in [-0.3, -0.25) is 4.90 Å². The van der Waals surface area contributed by atoms with Gasteiger partial charge in [0, 0.05) is 5.41 Å². The van der Waals surface area contributed by atoms with Gasteiger partial charge in [-0.15, -0.1) is 0 Å². The van der Waals surface area contributed by atoms with Crippen LogP contribution in [0.15, 0.2) is 0 Å².